The third-order valence-corrected chi connectivity index (χ3v) is 8.95. The fraction of sp³-hybridized carbons (Fsp3) is 0.296. The van der Waals surface area contributed by atoms with Gasteiger partial charge in [-0.25, -0.2) is 4.98 Å². The van der Waals surface area contributed by atoms with Crippen LogP contribution in [-0.4, -0.2) is 24.5 Å². The minimum Gasteiger partial charge on any atom is -0.489 e. The Labute approximate surface area is 201 Å². The molecule has 1 N–H and O–H groups in total. The van der Waals surface area contributed by atoms with E-state index in [4.69, 9.17) is 9.16 Å². The molecule has 0 bridgehead atoms. The highest BCUT2D eigenvalue weighted by Crippen LogP contribution is 2.40. The molecule has 0 spiro atoms. The molecule has 0 aliphatic rings. The van der Waals surface area contributed by atoms with Gasteiger partial charge in [0, 0.05) is 23.7 Å². The number of aromatic nitrogens is 1. The Kier molecular flexibility index (Phi) is 7.00. The van der Waals surface area contributed by atoms with Crippen molar-refractivity contribution in [3.05, 3.63) is 94.4 Å². The van der Waals surface area contributed by atoms with E-state index in [1.54, 1.807) is 6.20 Å². The van der Waals surface area contributed by atoms with Gasteiger partial charge in [-0.1, -0.05) is 48.5 Å². The molecule has 1 aromatic heterocycles. The monoisotopic (exact) mass is 477 g/mol. The van der Waals surface area contributed by atoms with E-state index in [1.165, 1.54) is 22.1 Å². The molecule has 172 valence electrons. The van der Waals surface area contributed by atoms with Crippen LogP contribution in [0, 0.1) is 0 Å². The van der Waals surface area contributed by atoms with Crippen molar-refractivity contribution in [1.29, 1.82) is 0 Å². The van der Waals surface area contributed by atoms with Crippen molar-refractivity contribution in [3.63, 3.8) is 0 Å². The average Bonchev–Trinajstić information content (AvgIpc) is 3.32. The van der Waals surface area contributed by atoms with E-state index in [0.717, 1.165) is 16.9 Å². The second kappa shape index (κ2) is 9.77. The largest absolute Gasteiger partial charge is 0.489 e. The van der Waals surface area contributed by atoms with Crippen molar-refractivity contribution >= 4 is 30.4 Å². The number of rotatable bonds is 9. The van der Waals surface area contributed by atoms with Crippen molar-refractivity contribution in [1.82, 2.24) is 4.98 Å². The molecular formula is C27H31NO3SSi. The van der Waals surface area contributed by atoms with Gasteiger partial charge in [-0.3, -0.25) is 0 Å². The molecular weight excluding hydrogens is 446 g/mol. The molecule has 0 saturated carbocycles. The summed E-state index contributed by atoms with van der Waals surface area (Å²) in [5, 5.41) is 17.0. The number of fused-ring (bicyclic) bond motifs is 1. The Hall–Kier alpha value is -2.51. The van der Waals surface area contributed by atoms with Crippen LogP contribution in [0.1, 0.15) is 30.0 Å². The lowest BCUT2D eigenvalue weighted by Crippen LogP contribution is -2.42. The summed E-state index contributed by atoms with van der Waals surface area (Å²) in [7, 11) is -2.18. The number of ether oxygens (including phenoxy) is 1. The fourth-order valence-electron chi connectivity index (χ4n) is 4.36. The van der Waals surface area contributed by atoms with Gasteiger partial charge in [0.05, 0.1) is 0 Å². The summed E-state index contributed by atoms with van der Waals surface area (Å²) in [5.74, 6) is 0.722. The highest BCUT2D eigenvalue weighted by Gasteiger charge is 2.42. The molecule has 3 aromatic carbocycles. The zero-order valence-corrected chi connectivity index (χ0v) is 21.4. The van der Waals surface area contributed by atoms with E-state index in [0.29, 0.717) is 17.7 Å². The van der Waals surface area contributed by atoms with Crippen LogP contribution in [0.2, 0.25) is 19.1 Å². The molecule has 1 heterocycles. The lowest BCUT2D eigenvalue weighted by Gasteiger charge is -2.35. The van der Waals surface area contributed by atoms with Crippen molar-refractivity contribution in [2.45, 2.75) is 51.3 Å². The molecule has 4 nitrogen and oxygen atoms in total. The summed E-state index contributed by atoms with van der Waals surface area (Å²) >= 11 is 1.47. The first-order chi connectivity index (χ1) is 15.7. The summed E-state index contributed by atoms with van der Waals surface area (Å²) in [5.41, 5.74) is 0.663. The number of hydrogen-bond acceptors (Lipinski definition) is 5. The third-order valence-electron chi connectivity index (χ3n) is 5.55. The Morgan fingerprint density at radius 1 is 1.00 bits per heavy atom. The average molecular weight is 478 g/mol. The summed E-state index contributed by atoms with van der Waals surface area (Å²) in [6.07, 6.45) is 1.85. The standard InChI is InChI=1S/C27H31NO3SSi/c1-20(2)31-33(3,4)19-27(29,26-28-14-15-32-26)24-10-7-11-25(17-24)30-18-21-12-13-22-8-5-6-9-23(22)16-21/h5-17,20,29H,18-19H2,1-4H3. The van der Waals surface area contributed by atoms with E-state index < -0.39 is 13.9 Å². The summed E-state index contributed by atoms with van der Waals surface area (Å²) in [6.45, 7) is 8.83. The molecule has 0 aliphatic heterocycles. The molecule has 4 rings (SSSR count). The molecule has 33 heavy (non-hydrogen) atoms. The predicted octanol–water partition coefficient (Wildman–Crippen LogP) is 6.74. The number of aliphatic hydroxyl groups is 1. The van der Waals surface area contributed by atoms with Gasteiger partial charge in [0.1, 0.15) is 23.0 Å². The molecule has 0 radical (unpaired) electrons. The molecule has 0 aliphatic carbocycles. The summed E-state index contributed by atoms with van der Waals surface area (Å²) in [6, 6.07) is 22.9. The van der Waals surface area contributed by atoms with Crippen molar-refractivity contribution in [2.24, 2.45) is 0 Å². The second-order valence-corrected chi connectivity index (χ2v) is 14.3. The van der Waals surface area contributed by atoms with Crippen molar-refractivity contribution in [2.75, 3.05) is 0 Å². The first-order valence-electron chi connectivity index (χ1n) is 11.3. The zero-order valence-electron chi connectivity index (χ0n) is 19.6. The molecule has 1 unspecified atom stereocenters. The van der Waals surface area contributed by atoms with Crippen molar-refractivity contribution in [3.8, 4) is 5.75 Å². The van der Waals surface area contributed by atoms with E-state index >= 15 is 0 Å². The maximum Gasteiger partial charge on any atom is 0.190 e. The third kappa shape index (κ3) is 5.71. The highest BCUT2D eigenvalue weighted by molar-refractivity contribution is 7.09. The topological polar surface area (TPSA) is 51.6 Å². The van der Waals surface area contributed by atoms with E-state index in [-0.39, 0.29) is 6.10 Å². The smallest absolute Gasteiger partial charge is 0.190 e. The van der Waals surface area contributed by atoms with Crippen LogP contribution in [-0.2, 0) is 16.6 Å². The van der Waals surface area contributed by atoms with Gasteiger partial charge in [0.2, 0.25) is 0 Å². The van der Waals surface area contributed by atoms with Crippen LogP contribution < -0.4 is 4.74 Å². The number of hydrogen-bond donors (Lipinski definition) is 1. The van der Waals surface area contributed by atoms with Crippen LogP contribution in [0.25, 0.3) is 10.8 Å². The Morgan fingerprint density at radius 2 is 1.79 bits per heavy atom. The van der Waals surface area contributed by atoms with E-state index in [1.807, 2.05) is 55.6 Å². The molecule has 1 atom stereocenters. The molecule has 0 fully saturated rings. The molecule has 0 saturated heterocycles. The van der Waals surface area contributed by atoms with Crippen LogP contribution in [0.15, 0.2) is 78.3 Å². The molecule has 0 amide bonds. The zero-order chi connectivity index (χ0) is 23.5. The maximum atomic E-state index is 12.0. The number of nitrogens with zero attached hydrogens (tertiary/aromatic N) is 1. The van der Waals surface area contributed by atoms with Gasteiger partial charge in [-0.05, 0) is 67.0 Å². The number of thiazole rings is 1. The van der Waals surface area contributed by atoms with Crippen molar-refractivity contribution < 1.29 is 14.3 Å². The minimum atomic E-state index is -2.18. The van der Waals surface area contributed by atoms with Gasteiger partial charge in [-0.15, -0.1) is 11.3 Å². The second-order valence-electron chi connectivity index (χ2n) is 9.30. The quantitative estimate of drug-likeness (QED) is 0.271. The fourth-order valence-corrected chi connectivity index (χ4v) is 8.21. The van der Waals surface area contributed by atoms with Gasteiger partial charge >= 0.3 is 0 Å². The first kappa shape index (κ1) is 23.6. The van der Waals surface area contributed by atoms with Crippen LogP contribution in [0.5, 0.6) is 5.75 Å². The van der Waals surface area contributed by atoms with Gasteiger partial charge in [0.15, 0.2) is 8.32 Å². The Bertz CT molecular complexity index is 1210. The normalized spacial score (nSPS) is 13.9. The summed E-state index contributed by atoms with van der Waals surface area (Å²) in [4.78, 5) is 4.47. The summed E-state index contributed by atoms with van der Waals surface area (Å²) < 4.78 is 12.4. The lowest BCUT2D eigenvalue weighted by molar-refractivity contribution is 0.0911. The van der Waals surface area contributed by atoms with Gasteiger partial charge in [-0.2, -0.15) is 0 Å². The maximum absolute atomic E-state index is 12.0. The Morgan fingerprint density at radius 3 is 2.52 bits per heavy atom. The minimum absolute atomic E-state index is 0.115. The van der Waals surface area contributed by atoms with E-state index in [2.05, 4.69) is 48.4 Å². The molecule has 4 aromatic rings. The Balaban J connectivity index is 1.58. The first-order valence-corrected chi connectivity index (χ1v) is 15.3. The lowest BCUT2D eigenvalue weighted by atomic mass is 9.96. The highest BCUT2D eigenvalue weighted by atomic mass is 32.1. The van der Waals surface area contributed by atoms with Crippen LogP contribution in [0.4, 0.5) is 0 Å². The number of benzene rings is 3. The van der Waals surface area contributed by atoms with Gasteiger partial charge < -0.3 is 14.3 Å². The predicted molar refractivity (Wildman–Crippen MR) is 138 cm³/mol. The van der Waals surface area contributed by atoms with Crippen LogP contribution >= 0.6 is 11.3 Å². The SMILES string of the molecule is CC(C)O[Si](C)(C)CC(O)(c1cccc(OCc2ccc3ccccc3c2)c1)c1nccs1. The van der Waals surface area contributed by atoms with Gasteiger partial charge in [0.25, 0.3) is 0 Å². The van der Waals surface area contributed by atoms with E-state index in [9.17, 15) is 5.11 Å². The molecule has 6 heteroatoms. The van der Waals surface area contributed by atoms with Crippen LogP contribution in [0.3, 0.4) is 0 Å².